The number of nitrogens with two attached hydrogens (primary N) is 1. The Kier molecular flexibility index (Phi) is 2.58. The van der Waals surface area contributed by atoms with Crippen molar-refractivity contribution in [3.63, 3.8) is 0 Å². The van der Waals surface area contributed by atoms with E-state index in [1.165, 1.54) is 11.4 Å². The van der Waals surface area contributed by atoms with Crippen LogP contribution in [0.5, 0.6) is 0 Å². The van der Waals surface area contributed by atoms with Crippen molar-refractivity contribution in [3.8, 4) is 0 Å². The van der Waals surface area contributed by atoms with Crippen LogP contribution >= 0.6 is 0 Å². The van der Waals surface area contributed by atoms with Crippen molar-refractivity contribution < 1.29 is 4.79 Å². The molecule has 1 amide bonds. The number of amides is 1. The molecule has 0 unspecified atom stereocenters. The van der Waals surface area contributed by atoms with Crippen molar-refractivity contribution in [1.29, 1.82) is 0 Å². The third-order valence-corrected chi connectivity index (χ3v) is 4.18. The van der Waals surface area contributed by atoms with Gasteiger partial charge in [-0.15, -0.1) is 5.10 Å². The van der Waals surface area contributed by atoms with Crippen molar-refractivity contribution in [2.24, 2.45) is 12.8 Å². The number of carbonyl (C=O) groups is 1. The van der Waals surface area contributed by atoms with Crippen molar-refractivity contribution in [2.75, 3.05) is 0 Å². The molecular formula is C9H14N6O2Si. The average molecular weight is 266 g/mol. The van der Waals surface area contributed by atoms with Crippen molar-refractivity contribution in [3.05, 3.63) is 16.2 Å². The topological polar surface area (TPSA) is 108 Å². The number of primary amides is 1. The van der Waals surface area contributed by atoms with E-state index in [1.54, 1.807) is 0 Å². The Labute approximate surface area is 103 Å². The smallest absolute Gasteiger partial charge is 0.352 e. The van der Waals surface area contributed by atoms with Crippen LogP contribution in [-0.4, -0.2) is 38.4 Å². The molecule has 8 nitrogen and oxygen atoms in total. The number of aromatic nitrogens is 5. The van der Waals surface area contributed by atoms with Gasteiger partial charge in [0.1, 0.15) is 8.07 Å². The van der Waals surface area contributed by atoms with E-state index in [0.29, 0.717) is 5.45 Å². The molecule has 2 N–H and O–H groups in total. The monoisotopic (exact) mass is 266 g/mol. The first kappa shape index (κ1) is 12.4. The number of fused-ring (bicyclic) bond motifs is 1. The van der Waals surface area contributed by atoms with Crippen LogP contribution in [0.3, 0.4) is 0 Å². The van der Waals surface area contributed by atoms with Crippen LogP contribution in [0.25, 0.3) is 5.65 Å². The van der Waals surface area contributed by atoms with Crippen LogP contribution in [-0.2, 0) is 7.05 Å². The van der Waals surface area contributed by atoms with E-state index in [2.05, 4.69) is 15.3 Å². The molecule has 0 saturated carbocycles. The number of carbonyl (C=O) groups excluding carboxylic acids is 1. The van der Waals surface area contributed by atoms with Crippen molar-refractivity contribution >= 4 is 25.1 Å². The van der Waals surface area contributed by atoms with Crippen molar-refractivity contribution in [1.82, 2.24) is 24.4 Å². The van der Waals surface area contributed by atoms with E-state index < -0.39 is 14.0 Å². The number of hydrogen-bond donors (Lipinski definition) is 1. The van der Waals surface area contributed by atoms with Crippen LogP contribution in [0.4, 0.5) is 0 Å². The second-order valence-corrected chi connectivity index (χ2v) is 10.0. The first-order valence-electron chi connectivity index (χ1n) is 5.36. The highest BCUT2D eigenvalue weighted by Gasteiger charge is 2.28. The summed E-state index contributed by atoms with van der Waals surface area (Å²) in [4.78, 5) is 27.6. The maximum absolute atomic E-state index is 12.1. The fourth-order valence-corrected chi connectivity index (χ4v) is 2.97. The zero-order chi connectivity index (χ0) is 13.7. The van der Waals surface area contributed by atoms with Crippen LogP contribution in [0.2, 0.25) is 19.6 Å². The fraction of sp³-hybridized carbons (Fsp3) is 0.444. The third kappa shape index (κ3) is 1.72. The summed E-state index contributed by atoms with van der Waals surface area (Å²) in [5, 5.41) is 7.48. The van der Waals surface area contributed by atoms with Gasteiger partial charge in [0.2, 0.25) is 0 Å². The predicted molar refractivity (Wildman–Crippen MR) is 67.5 cm³/mol. The molecule has 0 aliphatic carbocycles. The predicted octanol–water partition coefficient (Wildman–Crippen LogP) is -1.53. The van der Waals surface area contributed by atoms with Gasteiger partial charge >= 0.3 is 5.69 Å². The molecule has 0 aliphatic rings. The summed E-state index contributed by atoms with van der Waals surface area (Å²) in [6.45, 7) is 6.06. The first-order chi connectivity index (χ1) is 8.23. The van der Waals surface area contributed by atoms with Gasteiger partial charge in [0.25, 0.3) is 5.91 Å². The molecule has 0 fully saturated rings. The number of nitrogens with zero attached hydrogens (tertiary/aromatic N) is 5. The first-order valence-corrected chi connectivity index (χ1v) is 8.86. The second kappa shape index (κ2) is 3.73. The highest BCUT2D eigenvalue weighted by Crippen LogP contribution is 2.06. The van der Waals surface area contributed by atoms with Crippen molar-refractivity contribution in [2.45, 2.75) is 19.6 Å². The van der Waals surface area contributed by atoms with E-state index in [-0.39, 0.29) is 17.0 Å². The summed E-state index contributed by atoms with van der Waals surface area (Å²) in [5.74, 6) is -0.709. The van der Waals surface area contributed by atoms with Gasteiger partial charge in [-0.25, -0.2) is 14.2 Å². The van der Waals surface area contributed by atoms with Gasteiger partial charge in [-0.1, -0.05) is 24.9 Å². The average Bonchev–Trinajstić information content (AvgIpc) is 2.63. The zero-order valence-electron chi connectivity index (χ0n) is 10.6. The number of rotatable bonds is 2. The van der Waals surface area contributed by atoms with Crippen LogP contribution in [0, 0.1) is 0 Å². The van der Waals surface area contributed by atoms with E-state index in [1.807, 2.05) is 19.6 Å². The fourth-order valence-electron chi connectivity index (χ4n) is 1.65. The highest BCUT2D eigenvalue weighted by molar-refractivity contribution is 6.87. The molecule has 96 valence electrons. The summed E-state index contributed by atoms with van der Waals surface area (Å²) in [6, 6.07) is 0. The van der Waals surface area contributed by atoms with Gasteiger partial charge in [0, 0.05) is 7.05 Å². The number of aryl methyl sites for hydroxylation is 1. The Morgan fingerprint density at radius 3 is 2.44 bits per heavy atom. The number of hydrogen-bond acceptors (Lipinski definition) is 5. The lowest BCUT2D eigenvalue weighted by molar-refractivity contribution is 0.0997. The molecule has 9 heteroatoms. The molecule has 2 aromatic heterocycles. The lowest BCUT2D eigenvalue weighted by atomic mass is 10.4. The Hall–Kier alpha value is -2.03. The van der Waals surface area contributed by atoms with E-state index in [9.17, 15) is 9.59 Å². The van der Waals surface area contributed by atoms with Gasteiger partial charge in [-0.3, -0.25) is 4.79 Å². The minimum absolute atomic E-state index is 0.00220. The lowest BCUT2D eigenvalue weighted by Crippen LogP contribution is -2.47. The summed E-state index contributed by atoms with van der Waals surface area (Å²) >= 11 is 0. The Bertz CT molecular complexity index is 695. The van der Waals surface area contributed by atoms with Gasteiger partial charge in [0.05, 0.1) is 5.45 Å². The molecule has 0 aliphatic heterocycles. The highest BCUT2D eigenvalue weighted by atomic mass is 28.3. The molecule has 2 aromatic rings. The van der Waals surface area contributed by atoms with E-state index in [4.69, 9.17) is 5.73 Å². The SMILES string of the molecule is Cn1nnc2c(C(N)=O)nc([Si](C)(C)C)n2c1=O. The Morgan fingerprint density at radius 1 is 1.33 bits per heavy atom. The molecule has 0 saturated heterocycles. The summed E-state index contributed by atoms with van der Waals surface area (Å²) in [6.07, 6.45) is 0. The summed E-state index contributed by atoms with van der Waals surface area (Å²) < 4.78 is 2.43. The quantitative estimate of drug-likeness (QED) is 0.663. The maximum Gasteiger partial charge on any atom is 0.352 e. The lowest BCUT2D eigenvalue weighted by Gasteiger charge is -2.13. The Balaban J connectivity index is 3.00. The van der Waals surface area contributed by atoms with Gasteiger partial charge in [-0.05, 0) is 0 Å². The van der Waals surface area contributed by atoms with Gasteiger partial charge in [-0.2, -0.15) is 4.68 Å². The summed E-state index contributed by atoms with van der Waals surface area (Å²) in [7, 11) is -0.421. The zero-order valence-corrected chi connectivity index (χ0v) is 11.6. The normalized spacial score (nSPS) is 12.0. The largest absolute Gasteiger partial charge is 0.364 e. The van der Waals surface area contributed by atoms with Crippen LogP contribution in [0.1, 0.15) is 10.5 Å². The maximum atomic E-state index is 12.1. The molecule has 2 rings (SSSR count). The van der Waals surface area contributed by atoms with Crippen LogP contribution in [0.15, 0.2) is 4.79 Å². The molecular weight excluding hydrogens is 252 g/mol. The molecule has 18 heavy (non-hydrogen) atoms. The number of imidazole rings is 1. The van der Waals surface area contributed by atoms with Crippen LogP contribution < -0.4 is 16.9 Å². The minimum atomic E-state index is -1.91. The molecule has 0 spiro atoms. The molecule has 0 atom stereocenters. The van der Waals surface area contributed by atoms with Gasteiger partial charge < -0.3 is 5.73 Å². The third-order valence-electron chi connectivity index (χ3n) is 2.50. The van der Waals surface area contributed by atoms with E-state index >= 15 is 0 Å². The molecule has 0 bridgehead atoms. The minimum Gasteiger partial charge on any atom is -0.364 e. The van der Waals surface area contributed by atoms with Gasteiger partial charge in [0.15, 0.2) is 11.3 Å². The standard InChI is InChI=1S/C9H14N6O2Si/c1-14-9(17)15-7(12-13-14)5(6(10)16)11-8(15)18(2,3)4/h1-4H3,(H2,10,16). The molecule has 2 heterocycles. The summed E-state index contributed by atoms with van der Waals surface area (Å²) in [5.41, 5.74) is 5.57. The second-order valence-electron chi connectivity index (χ2n) is 5.05. The Morgan fingerprint density at radius 2 is 1.94 bits per heavy atom. The van der Waals surface area contributed by atoms with E-state index in [0.717, 1.165) is 4.68 Å². The molecule has 0 aromatic carbocycles. The molecule has 0 radical (unpaired) electrons.